The molecule has 0 radical (unpaired) electrons. The number of aryl methyl sites for hydroxylation is 2. The van der Waals surface area contributed by atoms with E-state index < -0.39 is 0 Å². The number of nitrogens with zero attached hydrogens (tertiary/aromatic N) is 3. The van der Waals surface area contributed by atoms with Crippen LogP contribution < -0.4 is 5.32 Å². The average Bonchev–Trinajstić information content (AvgIpc) is 2.37. The molecule has 4 nitrogen and oxygen atoms in total. The van der Waals surface area contributed by atoms with E-state index in [1.807, 2.05) is 20.0 Å². The Bertz CT molecular complexity index is 580. The van der Waals surface area contributed by atoms with Crippen LogP contribution in [0.5, 0.6) is 0 Å². The van der Waals surface area contributed by atoms with Gasteiger partial charge in [0.05, 0.1) is 6.54 Å². The molecule has 0 bridgehead atoms. The van der Waals surface area contributed by atoms with Crippen LogP contribution in [0.15, 0.2) is 30.3 Å². The summed E-state index contributed by atoms with van der Waals surface area (Å²) in [6.45, 7) is 5.75. The van der Waals surface area contributed by atoms with E-state index in [1.54, 1.807) is 0 Å². The summed E-state index contributed by atoms with van der Waals surface area (Å²) in [5.74, 6) is 1.72. The Morgan fingerprint density at radius 1 is 1.10 bits per heavy atom. The van der Waals surface area contributed by atoms with Crippen LogP contribution in [0, 0.1) is 13.8 Å². The van der Waals surface area contributed by atoms with Crippen molar-refractivity contribution in [2.75, 3.05) is 19.4 Å². The second-order valence-corrected chi connectivity index (χ2v) is 5.22. The highest BCUT2D eigenvalue weighted by molar-refractivity contribution is 5.34. The molecule has 0 spiro atoms. The molecule has 0 saturated heterocycles. The Morgan fingerprint density at radius 3 is 2.60 bits per heavy atom. The lowest BCUT2D eigenvalue weighted by Crippen LogP contribution is -2.19. The number of rotatable bonds is 5. The molecule has 2 rings (SSSR count). The monoisotopic (exact) mass is 270 g/mol. The van der Waals surface area contributed by atoms with Gasteiger partial charge in [0.2, 0.25) is 0 Å². The van der Waals surface area contributed by atoms with Gasteiger partial charge >= 0.3 is 0 Å². The van der Waals surface area contributed by atoms with Gasteiger partial charge in [-0.1, -0.05) is 29.8 Å². The van der Waals surface area contributed by atoms with Crippen LogP contribution in [0.25, 0.3) is 0 Å². The van der Waals surface area contributed by atoms with Crippen molar-refractivity contribution in [3.05, 3.63) is 53.0 Å². The fraction of sp³-hybridized carbons (Fsp3) is 0.375. The zero-order valence-corrected chi connectivity index (χ0v) is 12.6. The van der Waals surface area contributed by atoms with Gasteiger partial charge in [-0.25, -0.2) is 9.97 Å². The maximum atomic E-state index is 4.49. The molecular formula is C16H22N4. The van der Waals surface area contributed by atoms with Crippen LogP contribution in [0.2, 0.25) is 0 Å². The van der Waals surface area contributed by atoms with Crippen LogP contribution in [0.4, 0.5) is 5.82 Å². The molecule has 20 heavy (non-hydrogen) atoms. The minimum absolute atomic E-state index is 0.740. The minimum Gasteiger partial charge on any atom is -0.373 e. The van der Waals surface area contributed by atoms with Crippen molar-refractivity contribution in [2.24, 2.45) is 0 Å². The van der Waals surface area contributed by atoms with E-state index in [0.29, 0.717) is 0 Å². The first kappa shape index (κ1) is 14.5. The van der Waals surface area contributed by atoms with Crippen LogP contribution in [0.1, 0.15) is 22.6 Å². The van der Waals surface area contributed by atoms with E-state index in [1.165, 1.54) is 11.1 Å². The molecule has 0 aliphatic carbocycles. The van der Waals surface area contributed by atoms with Gasteiger partial charge in [-0.2, -0.15) is 0 Å². The summed E-state index contributed by atoms with van der Waals surface area (Å²) in [4.78, 5) is 11.2. The van der Waals surface area contributed by atoms with Crippen molar-refractivity contribution < 1.29 is 0 Å². The van der Waals surface area contributed by atoms with Crippen molar-refractivity contribution >= 4 is 5.82 Å². The van der Waals surface area contributed by atoms with E-state index in [2.05, 4.69) is 58.4 Å². The molecule has 0 aliphatic heterocycles. The Labute approximate surface area is 120 Å². The standard InChI is InChI=1S/C16H22N4/c1-12-6-5-7-14(8-12)10-20(4)11-16-18-13(2)9-15(17-3)19-16/h5-9H,10-11H2,1-4H3,(H,17,18,19). The maximum Gasteiger partial charge on any atom is 0.144 e. The number of nitrogens with one attached hydrogen (secondary N) is 1. The van der Waals surface area contributed by atoms with Gasteiger partial charge in [-0.05, 0) is 26.5 Å². The molecular weight excluding hydrogens is 248 g/mol. The third kappa shape index (κ3) is 4.03. The van der Waals surface area contributed by atoms with Crippen molar-refractivity contribution in [3.63, 3.8) is 0 Å². The molecule has 0 aliphatic rings. The zero-order chi connectivity index (χ0) is 14.5. The summed E-state index contributed by atoms with van der Waals surface area (Å²) in [6, 6.07) is 10.5. The van der Waals surface area contributed by atoms with Crippen molar-refractivity contribution in [2.45, 2.75) is 26.9 Å². The van der Waals surface area contributed by atoms with Crippen molar-refractivity contribution in [3.8, 4) is 0 Å². The second kappa shape index (κ2) is 6.48. The van der Waals surface area contributed by atoms with E-state index in [0.717, 1.165) is 30.4 Å². The average molecular weight is 270 g/mol. The first-order valence-electron chi connectivity index (χ1n) is 6.83. The van der Waals surface area contributed by atoms with Crippen LogP contribution in [-0.2, 0) is 13.1 Å². The molecule has 1 aromatic carbocycles. The zero-order valence-electron chi connectivity index (χ0n) is 12.6. The summed E-state index contributed by atoms with van der Waals surface area (Å²) in [5.41, 5.74) is 3.59. The third-order valence-electron chi connectivity index (χ3n) is 3.10. The van der Waals surface area contributed by atoms with Gasteiger partial charge in [0.1, 0.15) is 11.6 Å². The summed E-state index contributed by atoms with van der Waals surface area (Å²) >= 11 is 0. The number of anilines is 1. The number of hydrogen-bond acceptors (Lipinski definition) is 4. The quantitative estimate of drug-likeness (QED) is 0.907. The normalized spacial score (nSPS) is 10.8. The predicted octanol–water partition coefficient (Wildman–Crippen LogP) is 2.77. The molecule has 2 aromatic rings. The highest BCUT2D eigenvalue weighted by atomic mass is 15.1. The summed E-state index contributed by atoms with van der Waals surface area (Å²) in [7, 11) is 3.97. The fourth-order valence-corrected chi connectivity index (χ4v) is 2.25. The summed E-state index contributed by atoms with van der Waals surface area (Å²) < 4.78 is 0. The first-order valence-corrected chi connectivity index (χ1v) is 6.83. The van der Waals surface area contributed by atoms with Crippen LogP contribution >= 0.6 is 0 Å². The highest BCUT2D eigenvalue weighted by Crippen LogP contribution is 2.10. The van der Waals surface area contributed by atoms with E-state index in [9.17, 15) is 0 Å². The molecule has 1 aromatic heterocycles. The molecule has 0 unspecified atom stereocenters. The lowest BCUT2D eigenvalue weighted by molar-refractivity contribution is 0.310. The smallest absolute Gasteiger partial charge is 0.144 e. The second-order valence-electron chi connectivity index (χ2n) is 5.22. The Morgan fingerprint density at radius 2 is 1.90 bits per heavy atom. The van der Waals surface area contributed by atoms with E-state index in [4.69, 9.17) is 0 Å². The largest absolute Gasteiger partial charge is 0.373 e. The van der Waals surface area contributed by atoms with Gasteiger partial charge in [-0.3, -0.25) is 4.90 Å². The molecule has 0 amide bonds. The van der Waals surface area contributed by atoms with Gasteiger partial charge < -0.3 is 5.32 Å². The third-order valence-corrected chi connectivity index (χ3v) is 3.10. The Balaban J connectivity index is 2.04. The number of benzene rings is 1. The lowest BCUT2D eigenvalue weighted by Gasteiger charge is -2.16. The molecule has 0 saturated carbocycles. The van der Waals surface area contributed by atoms with Crippen molar-refractivity contribution in [1.29, 1.82) is 0 Å². The van der Waals surface area contributed by atoms with E-state index in [-0.39, 0.29) is 0 Å². The number of hydrogen-bond donors (Lipinski definition) is 1. The van der Waals surface area contributed by atoms with Crippen molar-refractivity contribution in [1.82, 2.24) is 14.9 Å². The van der Waals surface area contributed by atoms with Gasteiger partial charge in [-0.15, -0.1) is 0 Å². The highest BCUT2D eigenvalue weighted by Gasteiger charge is 2.06. The Hall–Kier alpha value is -1.94. The molecule has 0 fully saturated rings. The maximum absolute atomic E-state index is 4.49. The molecule has 106 valence electrons. The Kier molecular flexibility index (Phi) is 4.69. The minimum atomic E-state index is 0.740. The van der Waals surface area contributed by atoms with Gasteiger partial charge in [0.15, 0.2) is 0 Å². The molecule has 4 heteroatoms. The molecule has 1 heterocycles. The van der Waals surface area contributed by atoms with Gasteiger partial charge in [0, 0.05) is 25.4 Å². The van der Waals surface area contributed by atoms with Crippen LogP contribution in [0.3, 0.4) is 0 Å². The fourth-order valence-electron chi connectivity index (χ4n) is 2.25. The number of aromatic nitrogens is 2. The molecule has 1 N–H and O–H groups in total. The van der Waals surface area contributed by atoms with Gasteiger partial charge in [0.25, 0.3) is 0 Å². The molecule has 0 atom stereocenters. The topological polar surface area (TPSA) is 41.1 Å². The first-order chi connectivity index (χ1) is 9.56. The lowest BCUT2D eigenvalue weighted by atomic mass is 10.1. The predicted molar refractivity (Wildman–Crippen MR) is 82.7 cm³/mol. The summed E-state index contributed by atoms with van der Waals surface area (Å²) in [5, 5.41) is 3.07. The summed E-state index contributed by atoms with van der Waals surface area (Å²) in [6.07, 6.45) is 0. The SMILES string of the molecule is CNc1cc(C)nc(CN(C)Cc2cccc(C)c2)n1. The van der Waals surface area contributed by atoms with E-state index >= 15 is 0 Å². The van der Waals surface area contributed by atoms with Crippen LogP contribution in [-0.4, -0.2) is 29.0 Å².